The lowest BCUT2D eigenvalue weighted by Gasteiger charge is -2.21. The molecule has 0 aliphatic heterocycles. The van der Waals surface area contributed by atoms with Gasteiger partial charge in [0.25, 0.3) is 0 Å². The summed E-state index contributed by atoms with van der Waals surface area (Å²) in [5.74, 6) is 0. The monoisotopic (exact) mass is 302 g/mol. The minimum absolute atomic E-state index is 0.188. The molecule has 112 valence electrons. The highest BCUT2D eigenvalue weighted by atomic mass is 32.1. The first-order valence-electron chi connectivity index (χ1n) is 5.96. The Morgan fingerprint density at radius 1 is 1.55 bits per heavy atom. The average Bonchev–Trinajstić information content (AvgIpc) is 2.81. The van der Waals surface area contributed by atoms with Crippen molar-refractivity contribution in [3.63, 3.8) is 0 Å². The van der Waals surface area contributed by atoms with Crippen LogP contribution < -0.4 is 5.32 Å². The molecular weight excluding hydrogens is 284 g/mol. The number of nitrogens with one attached hydrogen (secondary N) is 1. The third-order valence-electron chi connectivity index (χ3n) is 2.13. The van der Waals surface area contributed by atoms with E-state index in [9.17, 15) is 19.8 Å². The van der Waals surface area contributed by atoms with Gasteiger partial charge in [-0.1, -0.05) is 0 Å². The van der Waals surface area contributed by atoms with E-state index in [2.05, 4.69) is 10.3 Å². The average molecular weight is 302 g/mol. The highest BCUT2D eigenvalue weighted by Gasteiger charge is 2.23. The van der Waals surface area contributed by atoms with E-state index in [0.29, 0.717) is 6.29 Å². The number of thiazole rings is 1. The Bertz CT molecular complexity index is 469. The number of hydrogen-bond donors (Lipinski definition) is 3. The van der Waals surface area contributed by atoms with Gasteiger partial charge in [-0.25, -0.2) is 9.78 Å². The fourth-order valence-corrected chi connectivity index (χ4v) is 2.07. The van der Waals surface area contributed by atoms with Gasteiger partial charge in [-0.3, -0.25) is 4.79 Å². The van der Waals surface area contributed by atoms with Gasteiger partial charge in [0, 0.05) is 11.9 Å². The smallest absolute Gasteiger partial charge is 0.407 e. The Labute approximate surface area is 120 Å². The van der Waals surface area contributed by atoms with Crippen LogP contribution >= 0.6 is 11.3 Å². The number of hydrogen-bond acceptors (Lipinski definition) is 7. The maximum Gasteiger partial charge on any atom is 0.407 e. The predicted molar refractivity (Wildman–Crippen MR) is 72.7 cm³/mol. The van der Waals surface area contributed by atoms with Crippen LogP contribution in [-0.4, -0.2) is 45.8 Å². The second-order valence-corrected chi connectivity index (χ2v) is 6.01. The van der Waals surface area contributed by atoms with Crippen LogP contribution in [0.2, 0.25) is 0 Å². The molecule has 20 heavy (non-hydrogen) atoms. The number of aliphatic hydroxyl groups excluding tert-OH is 2. The van der Waals surface area contributed by atoms with Crippen LogP contribution in [0.3, 0.4) is 0 Å². The molecule has 0 bridgehead atoms. The number of amides is 1. The van der Waals surface area contributed by atoms with E-state index in [4.69, 9.17) is 4.74 Å². The fraction of sp³-hybridized carbons (Fsp3) is 0.583. The fourth-order valence-electron chi connectivity index (χ4n) is 1.27. The summed E-state index contributed by atoms with van der Waals surface area (Å²) >= 11 is 1.06. The van der Waals surface area contributed by atoms with Crippen molar-refractivity contribution in [3.05, 3.63) is 16.1 Å². The van der Waals surface area contributed by atoms with Crippen LogP contribution in [0.1, 0.15) is 42.4 Å². The molecule has 2 atom stereocenters. The minimum Gasteiger partial charge on any atom is -0.444 e. The number of carbonyl (C=O) groups excluding carboxylic acids is 2. The van der Waals surface area contributed by atoms with Gasteiger partial charge in [0.15, 0.2) is 6.29 Å². The predicted octanol–water partition coefficient (Wildman–Crippen LogP) is 0.875. The molecule has 0 saturated heterocycles. The quantitative estimate of drug-likeness (QED) is 0.697. The number of carbonyl (C=O) groups is 2. The number of ether oxygens (including phenoxy) is 1. The van der Waals surface area contributed by atoms with Crippen LogP contribution in [0.15, 0.2) is 5.38 Å². The standard InChI is InChI=1S/C12H18N2O5S/c1-12(2,3)19-11(18)13-4-8(16)9(17)10-14-7(5-15)6-20-10/h5-6,8-9,16-17H,4H2,1-3H3,(H,13,18). The Morgan fingerprint density at radius 3 is 2.70 bits per heavy atom. The van der Waals surface area contributed by atoms with Crippen molar-refractivity contribution in [3.8, 4) is 0 Å². The minimum atomic E-state index is -1.27. The van der Waals surface area contributed by atoms with Gasteiger partial charge in [0.1, 0.15) is 28.5 Å². The first kappa shape index (κ1) is 16.5. The molecule has 3 N–H and O–H groups in total. The molecule has 1 rings (SSSR count). The summed E-state index contributed by atoms with van der Waals surface area (Å²) in [6, 6.07) is 0. The summed E-state index contributed by atoms with van der Waals surface area (Å²) in [6.45, 7) is 4.96. The van der Waals surface area contributed by atoms with Crippen molar-refractivity contribution in [2.75, 3.05) is 6.54 Å². The van der Waals surface area contributed by atoms with Gasteiger partial charge in [-0.05, 0) is 20.8 Å². The Balaban J connectivity index is 2.47. The number of rotatable bonds is 5. The normalized spacial score (nSPS) is 14.4. The number of alkyl carbamates (subject to hydrolysis) is 1. The van der Waals surface area contributed by atoms with E-state index in [1.807, 2.05) is 0 Å². The van der Waals surface area contributed by atoms with E-state index in [0.717, 1.165) is 11.3 Å². The van der Waals surface area contributed by atoms with Crippen LogP contribution in [0.4, 0.5) is 4.79 Å². The zero-order chi connectivity index (χ0) is 15.3. The Kier molecular flexibility index (Phi) is 5.61. The lowest BCUT2D eigenvalue weighted by atomic mass is 10.2. The highest BCUT2D eigenvalue weighted by Crippen LogP contribution is 2.20. The molecule has 0 aliphatic carbocycles. The van der Waals surface area contributed by atoms with Crippen LogP contribution in [0.25, 0.3) is 0 Å². The van der Waals surface area contributed by atoms with Crippen LogP contribution in [-0.2, 0) is 4.74 Å². The molecule has 1 aromatic heterocycles. The van der Waals surface area contributed by atoms with Gasteiger partial charge in [0.05, 0.1) is 0 Å². The molecule has 0 spiro atoms. The van der Waals surface area contributed by atoms with Crippen molar-refractivity contribution in [2.24, 2.45) is 0 Å². The first-order valence-corrected chi connectivity index (χ1v) is 6.84. The molecule has 0 aromatic carbocycles. The molecule has 7 nitrogen and oxygen atoms in total. The molecule has 0 fully saturated rings. The molecule has 0 aliphatic rings. The van der Waals surface area contributed by atoms with Crippen molar-refractivity contribution in [1.29, 1.82) is 0 Å². The summed E-state index contributed by atoms with van der Waals surface area (Å²) < 4.78 is 4.99. The van der Waals surface area contributed by atoms with Crippen molar-refractivity contribution in [1.82, 2.24) is 10.3 Å². The van der Waals surface area contributed by atoms with Gasteiger partial charge >= 0.3 is 6.09 Å². The molecule has 1 aromatic rings. The summed E-state index contributed by atoms with van der Waals surface area (Å²) in [6.07, 6.45) is -2.65. The maximum absolute atomic E-state index is 11.4. The molecule has 0 radical (unpaired) electrons. The molecule has 1 heterocycles. The van der Waals surface area contributed by atoms with E-state index in [1.54, 1.807) is 20.8 Å². The second kappa shape index (κ2) is 6.78. The number of aldehydes is 1. The van der Waals surface area contributed by atoms with Crippen molar-refractivity contribution >= 4 is 23.7 Å². The molecule has 0 saturated carbocycles. The lowest BCUT2D eigenvalue weighted by Crippen LogP contribution is -2.38. The topological polar surface area (TPSA) is 109 Å². The van der Waals surface area contributed by atoms with Gasteiger partial charge < -0.3 is 20.3 Å². The number of aliphatic hydroxyl groups is 2. The zero-order valence-corrected chi connectivity index (χ0v) is 12.3. The van der Waals surface area contributed by atoms with E-state index < -0.39 is 23.9 Å². The number of nitrogens with zero attached hydrogens (tertiary/aromatic N) is 1. The largest absolute Gasteiger partial charge is 0.444 e. The van der Waals surface area contributed by atoms with Gasteiger partial charge in [-0.15, -0.1) is 11.3 Å². The summed E-state index contributed by atoms with van der Waals surface area (Å²) in [5.41, 5.74) is -0.446. The zero-order valence-electron chi connectivity index (χ0n) is 11.5. The lowest BCUT2D eigenvalue weighted by molar-refractivity contribution is 0.0128. The summed E-state index contributed by atoms with van der Waals surface area (Å²) in [5, 5.41) is 23.6. The second-order valence-electron chi connectivity index (χ2n) is 5.12. The number of aromatic nitrogens is 1. The summed E-state index contributed by atoms with van der Waals surface area (Å²) in [4.78, 5) is 25.7. The molecule has 1 amide bonds. The van der Waals surface area contributed by atoms with Crippen molar-refractivity contribution in [2.45, 2.75) is 38.6 Å². The van der Waals surface area contributed by atoms with E-state index in [-0.39, 0.29) is 17.2 Å². The summed E-state index contributed by atoms with van der Waals surface area (Å²) in [7, 11) is 0. The SMILES string of the molecule is CC(C)(C)OC(=O)NCC(O)C(O)c1nc(C=O)cs1. The Hall–Kier alpha value is -1.51. The van der Waals surface area contributed by atoms with E-state index >= 15 is 0 Å². The molecular formula is C12H18N2O5S. The highest BCUT2D eigenvalue weighted by molar-refractivity contribution is 7.09. The Morgan fingerprint density at radius 2 is 2.20 bits per heavy atom. The van der Waals surface area contributed by atoms with Gasteiger partial charge in [0.2, 0.25) is 0 Å². The van der Waals surface area contributed by atoms with Crippen LogP contribution in [0.5, 0.6) is 0 Å². The van der Waals surface area contributed by atoms with Gasteiger partial charge in [-0.2, -0.15) is 0 Å². The van der Waals surface area contributed by atoms with Crippen LogP contribution in [0, 0.1) is 0 Å². The van der Waals surface area contributed by atoms with Crippen molar-refractivity contribution < 1.29 is 24.5 Å². The first-order chi connectivity index (χ1) is 9.23. The third kappa shape index (κ3) is 5.24. The maximum atomic E-state index is 11.4. The molecule has 2 unspecified atom stereocenters. The van der Waals surface area contributed by atoms with E-state index in [1.165, 1.54) is 5.38 Å². The third-order valence-corrected chi connectivity index (χ3v) is 3.07. The molecule has 8 heteroatoms.